The van der Waals surface area contributed by atoms with Gasteiger partial charge in [0, 0.05) is 0 Å². The fourth-order valence-corrected chi connectivity index (χ4v) is 10.9. The van der Waals surface area contributed by atoms with Crippen molar-refractivity contribution in [2.45, 2.75) is 101 Å². The first kappa shape index (κ1) is 26.7. The van der Waals surface area contributed by atoms with Crippen molar-refractivity contribution >= 4 is 24.0 Å². The zero-order valence-corrected chi connectivity index (χ0v) is 23.4. The average molecular weight is 545 g/mol. The Morgan fingerprint density at radius 1 is 0.595 bits per heavy atom. The maximum absolute atomic E-state index is 13.6. The maximum atomic E-state index is 13.6. The molecule has 3 saturated carbocycles. The molecule has 0 heterocycles. The summed E-state index contributed by atoms with van der Waals surface area (Å²) in [6.07, 6.45) is 17.7. The van der Waals surface area contributed by atoms with Crippen molar-refractivity contribution in [3.63, 3.8) is 0 Å². The molecule has 37 heavy (non-hydrogen) atoms. The van der Waals surface area contributed by atoms with Crippen LogP contribution in [0.25, 0.3) is 6.08 Å². The third kappa shape index (κ3) is 6.22. The molecule has 0 saturated heterocycles. The molecule has 7 heteroatoms. The third-order valence-corrected chi connectivity index (χ3v) is 13.0. The van der Waals surface area contributed by atoms with Gasteiger partial charge in [-0.05, 0) is 0 Å². The van der Waals surface area contributed by atoms with E-state index in [-0.39, 0.29) is 35.7 Å². The quantitative estimate of drug-likeness (QED) is 0.343. The summed E-state index contributed by atoms with van der Waals surface area (Å²) >= 11 is -4.91. The van der Waals surface area contributed by atoms with Crippen LogP contribution in [0.3, 0.4) is 0 Å². The SMILES string of the molecule is O=C([O][Ti]([O]C(=O)C1CCCCC1)([O]C(=O)C1CCCCC1)[CH]1C=Cc2ccccc21)C1CCCCC1. The Morgan fingerprint density at radius 3 is 1.43 bits per heavy atom. The molecule has 0 amide bonds. The van der Waals surface area contributed by atoms with Crippen LogP contribution in [0.2, 0.25) is 0 Å². The van der Waals surface area contributed by atoms with Crippen LogP contribution in [-0.4, -0.2) is 17.9 Å². The molecule has 1 atom stereocenters. The van der Waals surface area contributed by atoms with Crippen molar-refractivity contribution in [3.05, 3.63) is 41.5 Å². The van der Waals surface area contributed by atoms with Crippen LogP contribution in [0, 0.1) is 17.8 Å². The van der Waals surface area contributed by atoms with Crippen molar-refractivity contribution in [3.8, 4) is 0 Å². The van der Waals surface area contributed by atoms with Crippen LogP contribution >= 0.6 is 0 Å². The summed E-state index contributed by atoms with van der Waals surface area (Å²) in [4.78, 5) is 40.8. The molecule has 5 rings (SSSR count). The van der Waals surface area contributed by atoms with E-state index in [1.165, 1.54) is 0 Å². The number of allylic oxidation sites excluding steroid dienone is 1. The van der Waals surface area contributed by atoms with Crippen molar-refractivity contribution in [1.82, 2.24) is 0 Å². The van der Waals surface area contributed by atoms with Gasteiger partial charge in [-0.15, -0.1) is 0 Å². The standard InChI is InChI=1S/C9H7.3C7H12O2.Ti/c1-2-5-9-7-3-6-8(9)4-1;3*8-7(9)6-4-2-1-3-5-6;/h1-7H;3*6H,1-5H2,(H,8,9);/q;;;;+3/p-3. The van der Waals surface area contributed by atoms with Gasteiger partial charge in [0.05, 0.1) is 0 Å². The molecular formula is C30H40O6Ti. The first-order chi connectivity index (χ1) is 18.1. The van der Waals surface area contributed by atoms with Crippen LogP contribution in [-0.2, 0) is 42.1 Å². The second kappa shape index (κ2) is 12.3. The zero-order valence-electron chi connectivity index (χ0n) is 21.8. The molecule has 200 valence electrons. The molecule has 0 spiro atoms. The van der Waals surface area contributed by atoms with Gasteiger partial charge in [0.2, 0.25) is 0 Å². The normalized spacial score (nSPS) is 23.3. The molecule has 6 nitrogen and oxygen atoms in total. The molecule has 0 N–H and O–H groups in total. The number of hydrogen-bond acceptors (Lipinski definition) is 6. The first-order valence-electron chi connectivity index (χ1n) is 14.5. The monoisotopic (exact) mass is 544 g/mol. The van der Waals surface area contributed by atoms with Crippen molar-refractivity contribution in [2.24, 2.45) is 17.8 Å². The van der Waals surface area contributed by atoms with Gasteiger partial charge in [0.1, 0.15) is 0 Å². The molecule has 4 aliphatic rings. The summed E-state index contributed by atoms with van der Waals surface area (Å²) in [6.45, 7) is 0. The van der Waals surface area contributed by atoms with Crippen LogP contribution in [0.5, 0.6) is 0 Å². The molecule has 1 aromatic carbocycles. The van der Waals surface area contributed by atoms with Gasteiger partial charge in [-0.2, -0.15) is 0 Å². The van der Waals surface area contributed by atoms with E-state index in [9.17, 15) is 14.4 Å². The van der Waals surface area contributed by atoms with Gasteiger partial charge in [0.25, 0.3) is 0 Å². The third-order valence-electron chi connectivity index (χ3n) is 8.72. The number of hydrogen-bond donors (Lipinski definition) is 0. The van der Waals surface area contributed by atoms with Crippen LogP contribution in [0.1, 0.15) is 112 Å². The molecule has 1 unspecified atom stereocenters. The second-order valence-corrected chi connectivity index (χ2v) is 15.1. The zero-order chi connectivity index (χ0) is 25.7. The summed E-state index contributed by atoms with van der Waals surface area (Å²) in [5.41, 5.74) is 1.89. The molecule has 3 fully saturated rings. The van der Waals surface area contributed by atoms with Gasteiger partial charge < -0.3 is 0 Å². The van der Waals surface area contributed by atoms with Crippen molar-refractivity contribution in [1.29, 1.82) is 0 Å². The summed E-state index contributed by atoms with van der Waals surface area (Å²) in [5, 5.41) is 0. The van der Waals surface area contributed by atoms with E-state index in [1.54, 1.807) is 0 Å². The molecule has 0 bridgehead atoms. The summed E-state index contributed by atoms with van der Waals surface area (Å²) in [5.74, 6) is -1.77. The predicted octanol–water partition coefficient (Wildman–Crippen LogP) is 7.02. The minimum absolute atomic E-state index is 0.235. The van der Waals surface area contributed by atoms with Crippen molar-refractivity contribution in [2.75, 3.05) is 0 Å². The topological polar surface area (TPSA) is 78.9 Å². The van der Waals surface area contributed by atoms with E-state index in [1.807, 2.05) is 36.4 Å². The van der Waals surface area contributed by atoms with E-state index in [4.69, 9.17) is 9.96 Å². The number of carbonyl (C=O) groups excluding carboxylic acids is 3. The fourth-order valence-electron chi connectivity index (χ4n) is 6.50. The Morgan fingerprint density at radius 2 is 1.00 bits per heavy atom. The van der Waals surface area contributed by atoms with E-state index in [2.05, 4.69) is 0 Å². The first-order valence-corrected chi connectivity index (χ1v) is 17.3. The summed E-state index contributed by atoms with van der Waals surface area (Å²) in [7, 11) is 0. The Balaban J connectivity index is 1.50. The molecule has 1 aromatic rings. The Hall–Kier alpha value is -1.92. The van der Waals surface area contributed by atoms with Crippen molar-refractivity contribution < 1.29 is 42.1 Å². The molecule has 0 aromatic heterocycles. The fraction of sp³-hybridized carbons (Fsp3) is 0.633. The van der Waals surface area contributed by atoms with E-state index in [0.717, 1.165) is 107 Å². The van der Waals surface area contributed by atoms with Gasteiger partial charge in [-0.1, -0.05) is 0 Å². The molecule has 0 radical (unpaired) electrons. The Kier molecular flexibility index (Phi) is 8.87. The number of carbonyl (C=O) groups is 3. The summed E-state index contributed by atoms with van der Waals surface area (Å²) < 4.78 is 18.5. The van der Waals surface area contributed by atoms with Gasteiger partial charge in [-0.25, -0.2) is 0 Å². The summed E-state index contributed by atoms with van der Waals surface area (Å²) in [6, 6.07) is 7.85. The van der Waals surface area contributed by atoms with E-state index in [0.29, 0.717) is 0 Å². The van der Waals surface area contributed by atoms with Gasteiger partial charge >= 0.3 is 226 Å². The van der Waals surface area contributed by atoms with E-state index >= 15 is 0 Å². The van der Waals surface area contributed by atoms with Crippen LogP contribution in [0.4, 0.5) is 0 Å². The Bertz CT molecular complexity index is 922. The number of rotatable bonds is 7. The molecule has 4 aliphatic carbocycles. The Labute approximate surface area is 225 Å². The van der Waals surface area contributed by atoms with Crippen LogP contribution in [0.15, 0.2) is 30.3 Å². The van der Waals surface area contributed by atoms with Gasteiger partial charge in [-0.3, -0.25) is 0 Å². The molecule has 0 aliphatic heterocycles. The van der Waals surface area contributed by atoms with Gasteiger partial charge in [0.15, 0.2) is 0 Å². The predicted molar refractivity (Wildman–Crippen MR) is 136 cm³/mol. The number of benzene rings is 1. The second-order valence-electron chi connectivity index (χ2n) is 11.3. The molecular weight excluding hydrogens is 504 g/mol. The minimum atomic E-state index is -4.91. The van der Waals surface area contributed by atoms with E-state index < -0.39 is 22.0 Å². The average Bonchev–Trinajstić information content (AvgIpc) is 3.39. The van der Waals surface area contributed by atoms with Crippen LogP contribution < -0.4 is 0 Å². The number of fused-ring (bicyclic) bond motifs is 1.